The topological polar surface area (TPSA) is 61.8 Å². The zero-order valence-electron chi connectivity index (χ0n) is 16.0. The molecule has 0 aliphatic heterocycles. The van der Waals surface area contributed by atoms with Gasteiger partial charge in [-0.15, -0.1) is 0 Å². The number of carbonyl (C=O) groups is 2. The average Bonchev–Trinajstić information content (AvgIpc) is 2.59. The van der Waals surface area contributed by atoms with Crippen LogP contribution in [0.5, 0.6) is 17.2 Å². The minimum absolute atomic E-state index is 0.00614. The van der Waals surface area contributed by atoms with E-state index in [1.54, 1.807) is 12.1 Å². The molecule has 0 fully saturated rings. The van der Waals surface area contributed by atoms with Gasteiger partial charge in [-0.25, -0.2) is 0 Å². The first-order valence-corrected chi connectivity index (χ1v) is 8.27. The van der Waals surface area contributed by atoms with Crippen LogP contribution in [0.3, 0.4) is 0 Å². The van der Waals surface area contributed by atoms with Crippen molar-refractivity contribution < 1.29 is 23.8 Å². The van der Waals surface area contributed by atoms with Gasteiger partial charge in [0.15, 0.2) is 17.3 Å². The number of hydrogen-bond donors (Lipinski definition) is 0. The van der Waals surface area contributed by atoms with Crippen molar-refractivity contribution >= 4 is 11.8 Å². The van der Waals surface area contributed by atoms with Gasteiger partial charge in [-0.1, -0.05) is 45.0 Å². The molecule has 0 heterocycles. The minimum atomic E-state index is -0.519. The maximum absolute atomic E-state index is 13.0. The minimum Gasteiger partial charge on any atom is -0.493 e. The van der Waals surface area contributed by atoms with Gasteiger partial charge in [0.25, 0.3) is 0 Å². The zero-order chi connectivity index (χ0) is 19.5. The van der Waals surface area contributed by atoms with Crippen LogP contribution in [0, 0.1) is 0 Å². The smallest absolute Gasteiger partial charge is 0.308 e. The van der Waals surface area contributed by atoms with E-state index in [0.29, 0.717) is 17.1 Å². The molecule has 0 aliphatic carbocycles. The number of benzene rings is 2. The van der Waals surface area contributed by atoms with Crippen molar-refractivity contribution in [1.82, 2.24) is 0 Å². The summed E-state index contributed by atoms with van der Waals surface area (Å²) >= 11 is 0. The van der Waals surface area contributed by atoms with Gasteiger partial charge in [0.1, 0.15) is 5.75 Å². The van der Waals surface area contributed by atoms with Crippen LogP contribution in [0.2, 0.25) is 0 Å². The fraction of sp³-hybridized carbons (Fsp3) is 0.333. The second-order valence-corrected chi connectivity index (χ2v) is 6.95. The number of methoxy groups -OCH3 is 2. The van der Waals surface area contributed by atoms with Gasteiger partial charge in [-0.3, -0.25) is 9.59 Å². The van der Waals surface area contributed by atoms with Gasteiger partial charge in [0.2, 0.25) is 0 Å². The van der Waals surface area contributed by atoms with E-state index in [-0.39, 0.29) is 22.5 Å². The molecule has 0 saturated carbocycles. The molecule has 5 heteroatoms. The summed E-state index contributed by atoms with van der Waals surface area (Å²) in [5, 5.41) is 0. The van der Waals surface area contributed by atoms with Crippen molar-refractivity contribution in [3.63, 3.8) is 0 Å². The van der Waals surface area contributed by atoms with E-state index in [1.807, 2.05) is 12.1 Å². The van der Waals surface area contributed by atoms with E-state index >= 15 is 0 Å². The largest absolute Gasteiger partial charge is 0.493 e. The van der Waals surface area contributed by atoms with E-state index in [0.717, 1.165) is 5.56 Å². The highest BCUT2D eigenvalue weighted by molar-refractivity contribution is 6.11. The number of esters is 1. The van der Waals surface area contributed by atoms with Crippen LogP contribution in [0.1, 0.15) is 49.2 Å². The highest BCUT2D eigenvalue weighted by Crippen LogP contribution is 2.36. The summed E-state index contributed by atoms with van der Waals surface area (Å²) in [5.74, 6) is 0.124. The zero-order valence-corrected chi connectivity index (χ0v) is 16.0. The van der Waals surface area contributed by atoms with Crippen LogP contribution < -0.4 is 14.2 Å². The van der Waals surface area contributed by atoms with Crippen LogP contribution in [-0.4, -0.2) is 26.0 Å². The summed E-state index contributed by atoms with van der Waals surface area (Å²) in [5.41, 5.74) is 1.86. The lowest BCUT2D eigenvalue weighted by Gasteiger charge is -2.19. The van der Waals surface area contributed by atoms with Crippen LogP contribution >= 0.6 is 0 Å². The molecule has 0 unspecified atom stereocenters. The first-order valence-electron chi connectivity index (χ1n) is 8.27. The molecular weight excluding hydrogens is 332 g/mol. The molecule has 0 atom stereocenters. The van der Waals surface area contributed by atoms with E-state index in [1.165, 1.54) is 33.3 Å². The number of ketones is 1. The summed E-state index contributed by atoms with van der Waals surface area (Å²) in [4.78, 5) is 24.4. The fourth-order valence-electron chi connectivity index (χ4n) is 2.55. The summed E-state index contributed by atoms with van der Waals surface area (Å²) in [7, 11) is 2.96. The predicted molar refractivity (Wildman–Crippen MR) is 99.4 cm³/mol. The summed E-state index contributed by atoms with van der Waals surface area (Å²) < 4.78 is 15.7. The van der Waals surface area contributed by atoms with Crippen LogP contribution in [-0.2, 0) is 10.2 Å². The SMILES string of the molecule is COc1cc(OC(C)=O)c(C(=O)c2ccc(C(C)(C)C)cc2)cc1OC. The van der Waals surface area contributed by atoms with Gasteiger partial charge >= 0.3 is 5.97 Å². The van der Waals surface area contributed by atoms with Crippen LogP contribution in [0.25, 0.3) is 0 Å². The Morgan fingerprint density at radius 2 is 1.38 bits per heavy atom. The molecule has 2 rings (SSSR count). The Hall–Kier alpha value is -2.82. The molecule has 0 spiro atoms. The summed E-state index contributed by atoms with van der Waals surface area (Å²) in [6.45, 7) is 7.61. The quantitative estimate of drug-likeness (QED) is 0.457. The number of hydrogen-bond acceptors (Lipinski definition) is 5. The Morgan fingerprint density at radius 1 is 0.846 bits per heavy atom. The molecule has 5 nitrogen and oxygen atoms in total. The Morgan fingerprint density at radius 3 is 1.85 bits per heavy atom. The lowest BCUT2D eigenvalue weighted by atomic mass is 9.86. The first-order chi connectivity index (χ1) is 12.2. The highest BCUT2D eigenvalue weighted by atomic mass is 16.5. The Kier molecular flexibility index (Phi) is 5.70. The van der Waals surface area contributed by atoms with Crippen molar-refractivity contribution in [2.24, 2.45) is 0 Å². The van der Waals surface area contributed by atoms with Crippen molar-refractivity contribution in [2.45, 2.75) is 33.1 Å². The van der Waals surface area contributed by atoms with Gasteiger partial charge in [-0.05, 0) is 17.0 Å². The van der Waals surface area contributed by atoms with E-state index in [9.17, 15) is 9.59 Å². The molecule has 0 aromatic heterocycles. The third-order valence-corrected chi connectivity index (χ3v) is 4.00. The predicted octanol–water partition coefficient (Wildman–Crippen LogP) is 4.16. The van der Waals surface area contributed by atoms with Crippen molar-refractivity contribution in [2.75, 3.05) is 14.2 Å². The first kappa shape index (κ1) is 19.5. The lowest BCUT2D eigenvalue weighted by Crippen LogP contribution is -2.12. The third kappa shape index (κ3) is 4.23. The highest BCUT2D eigenvalue weighted by Gasteiger charge is 2.21. The Labute approximate surface area is 153 Å². The lowest BCUT2D eigenvalue weighted by molar-refractivity contribution is -0.131. The maximum Gasteiger partial charge on any atom is 0.308 e. The Balaban J connectivity index is 2.51. The van der Waals surface area contributed by atoms with Gasteiger partial charge < -0.3 is 14.2 Å². The molecule has 0 amide bonds. The van der Waals surface area contributed by atoms with Crippen molar-refractivity contribution in [3.8, 4) is 17.2 Å². The Bertz CT molecular complexity index is 814. The van der Waals surface area contributed by atoms with Crippen molar-refractivity contribution in [3.05, 3.63) is 53.1 Å². The molecular formula is C21H24O5. The van der Waals surface area contributed by atoms with E-state index in [2.05, 4.69) is 20.8 Å². The molecule has 2 aromatic carbocycles. The van der Waals surface area contributed by atoms with Gasteiger partial charge in [0, 0.05) is 18.6 Å². The molecule has 0 N–H and O–H groups in total. The van der Waals surface area contributed by atoms with Crippen molar-refractivity contribution in [1.29, 1.82) is 0 Å². The normalized spacial score (nSPS) is 11.0. The molecule has 0 radical (unpaired) electrons. The number of rotatable bonds is 5. The molecule has 0 saturated heterocycles. The fourth-order valence-corrected chi connectivity index (χ4v) is 2.55. The standard InChI is InChI=1S/C21H24O5/c1-13(22)26-17-12-19(25-6)18(24-5)11-16(17)20(23)14-7-9-15(10-8-14)21(2,3)4/h7-12H,1-6H3. The molecule has 0 aliphatic rings. The second kappa shape index (κ2) is 7.60. The monoisotopic (exact) mass is 356 g/mol. The van der Waals surface area contributed by atoms with Gasteiger partial charge in [0.05, 0.1) is 19.8 Å². The number of ether oxygens (including phenoxy) is 3. The number of carbonyl (C=O) groups excluding carboxylic acids is 2. The average molecular weight is 356 g/mol. The maximum atomic E-state index is 13.0. The molecule has 2 aromatic rings. The van der Waals surface area contributed by atoms with E-state index < -0.39 is 5.97 Å². The van der Waals surface area contributed by atoms with Crippen LogP contribution in [0.15, 0.2) is 36.4 Å². The molecule has 26 heavy (non-hydrogen) atoms. The molecule has 0 bridgehead atoms. The van der Waals surface area contributed by atoms with E-state index in [4.69, 9.17) is 14.2 Å². The molecule has 138 valence electrons. The third-order valence-electron chi connectivity index (χ3n) is 4.00. The van der Waals surface area contributed by atoms with Crippen LogP contribution in [0.4, 0.5) is 0 Å². The summed E-state index contributed by atoms with van der Waals surface area (Å²) in [6.07, 6.45) is 0. The van der Waals surface area contributed by atoms with Gasteiger partial charge in [-0.2, -0.15) is 0 Å². The summed E-state index contributed by atoms with van der Waals surface area (Å²) in [6, 6.07) is 10.4. The second-order valence-electron chi connectivity index (χ2n) is 6.95.